The smallest absolute Gasteiger partial charge is 0.161 e. The molecule has 0 bridgehead atoms. The van der Waals surface area contributed by atoms with Crippen molar-refractivity contribution >= 4 is 22.6 Å². The third-order valence-electron chi connectivity index (χ3n) is 2.26. The molecule has 0 saturated heterocycles. The van der Waals surface area contributed by atoms with Crippen molar-refractivity contribution in [1.82, 2.24) is 5.32 Å². The number of benzene rings is 1. The van der Waals surface area contributed by atoms with Gasteiger partial charge in [-0.3, -0.25) is 0 Å². The van der Waals surface area contributed by atoms with Crippen LogP contribution in [0.15, 0.2) is 18.2 Å². The maximum Gasteiger partial charge on any atom is 0.161 e. The minimum absolute atomic E-state index is 0.776. The third-order valence-corrected chi connectivity index (χ3v) is 3.03. The Hall–Kier alpha value is -0.490. The summed E-state index contributed by atoms with van der Waals surface area (Å²) < 4.78 is 11.6. The molecular weight excluding hydrogens is 317 g/mol. The highest BCUT2D eigenvalue weighted by Crippen LogP contribution is 2.27. The molecule has 0 spiro atoms. The number of halogens is 1. The highest BCUT2D eigenvalue weighted by molar-refractivity contribution is 14.1. The molecule has 0 atom stereocenters. The van der Waals surface area contributed by atoms with Gasteiger partial charge in [-0.25, -0.2) is 0 Å². The minimum Gasteiger partial charge on any atom is -0.493 e. The molecule has 0 aliphatic carbocycles. The lowest BCUT2D eigenvalue weighted by atomic mass is 10.2. The van der Waals surface area contributed by atoms with Gasteiger partial charge < -0.3 is 14.8 Å². The van der Waals surface area contributed by atoms with Crippen molar-refractivity contribution in [3.63, 3.8) is 0 Å². The van der Waals surface area contributed by atoms with E-state index in [4.69, 9.17) is 9.47 Å². The summed E-state index contributed by atoms with van der Waals surface area (Å²) in [6.45, 7) is 1.92. The second-order valence-corrected chi connectivity index (χ2v) is 4.49. The number of alkyl halides is 1. The molecule has 0 saturated carbocycles. The van der Waals surface area contributed by atoms with Crippen LogP contribution in [-0.4, -0.2) is 25.2 Å². The average Bonchev–Trinajstić information content (AvgIpc) is 2.34. The van der Waals surface area contributed by atoms with E-state index in [1.807, 2.05) is 12.1 Å². The standard InChI is InChI=1S/C12H18INO2/c1-15-11-5-4-10(8-12(11)16-2)9-14-7-3-6-13/h4-5,8,14H,3,6-7,9H2,1-2H3. The van der Waals surface area contributed by atoms with E-state index in [2.05, 4.69) is 34.0 Å². The molecule has 0 aromatic heterocycles. The molecule has 0 aliphatic rings. The lowest BCUT2D eigenvalue weighted by molar-refractivity contribution is 0.354. The summed E-state index contributed by atoms with van der Waals surface area (Å²) in [7, 11) is 3.31. The summed E-state index contributed by atoms with van der Waals surface area (Å²) in [5, 5.41) is 3.39. The summed E-state index contributed by atoms with van der Waals surface area (Å²) in [5.74, 6) is 1.56. The molecule has 0 unspecified atom stereocenters. The van der Waals surface area contributed by atoms with Gasteiger partial charge in [-0.05, 0) is 30.7 Å². The van der Waals surface area contributed by atoms with E-state index >= 15 is 0 Å². The second-order valence-electron chi connectivity index (χ2n) is 3.41. The van der Waals surface area contributed by atoms with Crippen LogP contribution in [0.3, 0.4) is 0 Å². The summed E-state index contributed by atoms with van der Waals surface area (Å²) in [6.07, 6.45) is 1.20. The Balaban J connectivity index is 2.54. The summed E-state index contributed by atoms with van der Waals surface area (Å²) in [4.78, 5) is 0. The van der Waals surface area contributed by atoms with Crippen molar-refractivity contribution < 1.29 is 9.47 Å². The van der Waals surface area contributed by atoms with Crippen molar-refractivity contribution in [1.29, 1.82) is 0 Å². The molecule has 1 aromatic carbocycles. The Bertz CT molecular complexity index is 318. The number of hydrogen-bond donors (Lipinski definition) is 1. The van der Waals surface area contributed by atoms with Crippen molar-refractivity contribution in [2.45, 2.75) is 13.0 Å². The van der Waals surface area contributed by atoms with E-state index in [1.165, 1.54) is 16.4 Å². The van der Waals surface area contributed by atoms with E-state index in [9.17, 15) is 0 Å². The molecule has 0 heterocycles. The summed E-state index contributed by atoms with van der Waals surface area (Å²) >= 11 is 2.39. The predicted octanol–water partition coefficient (Wildman–Crippen LogP) is 2.62. The van der Waals surface area contributed by atoms with Crippen LogP contribution in [0.25, 0.3) is 0 Å². The molecule has 0 amide bonds. The third kappa shape index (κ3) is 4.17. The Labute approximate surface area is 111 Å². The Morgan fingerprint density at radius 1 is 1.19 bits per heavy atom. The maximum absolute atomic E-state index is 5.25. The zero-order chi connectivity index (χ0) is 11.8. The molecule has 3 nitrogen and oxygen atoms in total. The fourth-order valence-electron chi connectivity index (χ4n) is 1.42. The minimum atomic E-state index is 0.776. The molecule has 4 heteroatoms. The van der Waals surface area contributed by atoms with Gasteiger partial charge in [0.05, 0.1) is 14.2 Å². The van der Waals surface area contributed by atoms with Crippen LogP contribution >= 0.6 is 22.6 Å². The van der Waals surface area contributed by atoms with Crippen molar-refractivity contribution in [2.24, 2.45) is 0 Å². The van der Waals surface area contributed by atoms with Crippen LogP contribution in [0.4, 0.5) is 0 Å². The van der Waals surface area contributed by atoms with E-state index in [0.29, 0.717) is 0 Å². The van der Waals surface area contributed by atoms with E-state index in [-0.39, 0.29) is 0 Å². The Kier molecular flexibility index (Phi) is 6.56. The largest absolute Gasteiger partial charge is 0.493 e. The monoisotopic (exact) mass is 335 g/mol. The lowest BCUT2D eigenvalue weighted by Crippen LogP contribution is -2.14. The molecule has 1 rings (SSSR count). The zero-order valence-electron chi connectivity index (χ0n) is 9.75. The van der Waals surface area contributed by atoms with Crippen LogP contribution in [0, 0.1) is 0 Å². The zero-order valence-corrected chi connectivity index (χ0v) is 11.9. The van der Waals surface area contributed by atoms with Gasteiger partial charge in [-0.1, -0.05) is 28.7 Å². The number of nitrogens with one attached hydrogen (secondary N) is 1. The van der Waals surface area contributed by atoms with Gasteiger partial charge in [-0.2, -0.15) is 0 Å². The van der Waals surface area contributed by atoms with Crippen LogP contribution in [0.2, 0.25) is 0 Å². The molecule has 0 radical (unpaired) electrons. The SMILES string of the molecule is COc1ccc(CNCCCI)cc1OC. The lowest BCUT2D eigenvalue weighted by Gasteiger charge is -2.10. The van der Waals surface area contributed by atoms with Crippen LogP contribution in [0.1, 0.15) is 12.0 Å². The molecule has 16 heavy (non-hydrogen) atoms. The fraction of sp³-hybridized carbons (Fsp3) is 0.500. The second kappa shape index (κ2) is 7.73. The van der Waals surface area contributed by atoms with Crippen LogP contribution < -0.4 is 14.8 Å². The molecule has 90 valence electrons. The van der Waals surface area contributed by atoms with Crippen LogP contribution in [-0.2, 0) is 6.54 Å². The highest BCUT2D eigenvalue weighted by Gasteiger charge is 2.03. The van der Waals surface area contributed by atoms with Gasteiger partial charge >= 0.3 is 0 Å². The first-order valence-electron chi connectivity index (χ1n) is 5.29. The molecule has 1 N–H and O–H groups in total. The average molecular weight is 335 g/mol. The van der Waals surface area contributed by atoms with Crippen molar-refractivity contribution in [2.75, 3.05) is 25.2 Å². The quantitative estimate of drug-likeness (QED) is 0.472. The topological polar surface area (TPSA) is 30.5 Å². The number of methoxy groups -OCH3 is 2. The summed E-state index contributed by atoms with van der Waals surface area (Å²) in [5.41, 5.74) is 1.21. The van der Waals surface area contributed by atoms with Gasteiger partial charge in [-0.15, -0.1) is 0 Å². The molecule has 0 aliphatic heterocycles. The van der Waals surface area contributed by atoms with E-state index in [0.717, 1.165) is 24.6 Å². The first-order chi connectivity index (χ1) is 7.81. The first kappa shape index (κ1) is 13.6. The molecule has 1 aromatic rings. The number of hydrogen-bond acceptors (Lipinski definition) is 3. The molecule has 0 fully saturated rings. The highest BCUT2D eigenvalue weighted by atomic mass is 127. The number of ether oxygens (including phenoxy) is 2. The maximum atomic E-state index is 5.25. The molecular formula is C12H18INO2. The van der Waals surface area contributed by atoms with Gasteiger partial charge in [0.2, 0.25) is 0 Å². The summed E-state index contributed by atoms with van der Waals surface area (Å²) in [6, 6.07) is 6.00. The van der Waals surface area contributed by atoms with E-state index in [1.54, 1.807) is 14.2 Å². The van der Waals surface area contributed by atoms with Gasteiger partial charge in [0, 0.05) is 11.0 Å². The normalized spacial score (nSPS) is 10.2. The van der Waals surface area contributed by atoms with Crippen molar-refractivity contribution in [3.8, 4) is 11.5 Å². The van der Waals surface area contributed by atoms with E-state index < -0.39 is 0 Å². The van der Waals surface area contributed by atoms with Gasteiger partial charge in [0.1, 0.15) is 0 Å². The predicted molar refractivity (Wildman–Crippen MR) is 74.8 cm³/mol. The Morgan fingerprint density at radius 2 is 1.94 bits per heavy atom. The van der Waals surface area contributed by atoms with Gasteiger partial charge in [0.25, 0.3) is 0 Å². The fourth-order valence-corrected chi connectivity index (χ4v) is 1.80. The van der Waals surface area contributed by atoms with Gasteiger partial charge in [0.15, 0.2) is 11.5 Å². The number of rotatable bonds is 7. The Morgan fingerprint density at radius 3 is 2.56 bits per heavy atom. The van der Waals surface area contributed by atoms with Crippen molar-refractivity contribution in [3.05, 3.63) is 23.8 Å². The van der Waals surface area contributed by atoms with Crippen LogP contribution in [0.5, 0.6) is 11.5 Å². The first-order valence-corrected chi connectivity index (χ1v) is 6.82.